The molecule has 3 nitrogen and oxygen atoms in total. The first-order chi connectivity index (χ1) is 14.1. The predicted molar refractivity (Wildman–Crippen MR) is 122 cm³/mol. The summed E-state index contributed by atoms with van der Waals surface area (Å²) < 4.78 is 1.22. The van der Waals surface area contributed by atoms with Gasteiger partial charge in [0.15, 0.2) is 5.69 Å². The smallest absolute Gasteiger partial charge is 0.214 e. The monoisotopic (exact) mass is 439 g/mol. The number of carbonyl (C=O) groups is 1. The van der Waals surface area contributed by atoms with Crippen molar-refractivity contribution in [2.24, 2.45) is 0 Å². The fraction of sp³-hybridized carbons (Fsp3) is 0.0870. The fourth-order valence-electron chi connectivity index (χ4n) is 4.30. The summed E-state index contributed by atoms with van der Waals surface area (Å²) in [5.74, 6) is 0. The van der Waals surface area contributed by atoms with Gasteiger partial charge in [0.05, 0.1) is 10.0 Å². The molecule has 0 saturated heterocycles. The van der Waals surface area contributed by atoms with Crippen molar-refractivity contribution in [2.75, 3.05) is 11.4 Å². The van der Waals surface area contributed by atoms with Gasteiger partial charge in [0, 0.05) is 28.6 Å². The van der Waals surface area contributed by atoms with Crippen molar-refractivity contribution in [3.63, 3.8) is 0 Å². The molecule has 1 amide bonds. The van der Waals surface area contributed by atoms with Gasteiger partial charge >= 0.3 is 0 Å². The van der Waals surface area contributed by atoms with E-state index in [0.29, 0.717) is 22.6 Å². The van der Waals surface area contributed by atoms with Crippen LogP contribution in [0.15, 0.2) is 83.0 Å². The SMILES string of the molecule is O=CN1CC2=CC(Cl)=C[N+]2(c2ccccc2-c2csc(Cl)c2)Cc2ccccc21. The van der Waals surface area contributed by atoms with Crippen molar-refractivity contribution in [1.82, 2.24) is 4.48 Å². The molecular weight excluding hydrogens is 423 g/mol. The molecule has 0 aliphatic carbocycles. The lowest BCUT2D eigenvalue weighted by atomic mass is 10.0. The molecule has 0 radical (unpaired) electrons. The van der Waals surface area contributed by atoms with E-state index in [0.717, 1.165) is 44.5 Å². The van der Waals surface area contributed by atoms with Crippen LogP contribution in [0.1, 0.15) is 5.56 Å². The minimum absolute atomic E-state index is 0.462. The summed E-state index contributed by atoms with van der Waals surface area (Å²) in [4.78, 5) is 13.7. The Morgan fingerprint density at radius 2 is 1.86 bits per heavy atom. The van der Waals surface area contributed by atoms with Crippen LogP contribution in [0.25, 0.3) is 11.1 Å². The van der Waals surface area contributed by atoms with Crippen molar-refractivity contribution in [3.05, 3.63) is 92.9 Å². The Morgan fingerprint density at radius 3 is 2.66 bits per heavy atom. The quantitative estimate of drug-likeness (QED) is 0.335. The molecule has 2 aromatic carbocycles. The summed E-state index contributed by atoms with van der Waals surface area (Å²) in [5, 5.41) is 2.76. The average molecular weight is 440 g/mol. The van der Waals surface area contributed by atoms with Gasteiger partial charge in [-0.05, 0) is 23.8 Å². The third-order valence-electron chi connectivity index (χ3n) is 5.55. The fourth-order valence-corrected chi connectivity index (χ4v) is 5.47. The minimum Gasteiger partial charge on any atom is -0.305 e. The number of nitrogens with zero attached hydrogens (tertiary/aromatic N) is 2. The van der Waals surface area contributed by atoms with E-state index >= 15 is 0 Å². The number of fused-ring (bicyclic) bond motifs is 2. The second kappa shape index (κ2) is 7.15. The third kappa shape index (κ3) is 3.04. The molecular formula is C23H17Cl2N2OS+. The van der Waals surface area contributed by atoms with E-state index in [4.69, 9.17) is 23.2 Å². The second-order valence-electron chi connectivity index (χ2n) is 7.20. The summed E-state index contributed by atoms with van der Waals surface area (Å²) in [6, 6.07) is 18.4. The van der Waals surface area contributed by atoms with Crippen LogP contribution in [0.5, 0.6) is 0 Å². The highest BCUT2D eigenvalue weighted by molar-refractivity contribution is 7.14. The Hall–Kier alpha value is -2.37. The molecule has 1 unspecified atom stereocenters. The molecule has 5 rings (SSSR count). The summed E-state index contributed by atoms with van der Waals surface area (Å²) in [5.41, 5.74) is 6.42. The minimum atomic E-state index is 0.462. The Balaban J connectivity index is 1.76. The number of hydrogen-bond acceptors (Lipinski definition) is 2. The highest BCUT2D eigenvalue weighted by Crippen LogP contribution is 2.47. The average Bonchev–Trinajstić information content (AvgIpc) is 3.26. The van der Waals surface area contributed by atoms with Crippen LogP contribution in [-0.4, -0.2) is 13.0 Å². The molecule has 0 N–H and O–H groups in total. The number of halogens is 2. The Labute approximate surface area is 183 Å². The van der Waals surface area contributed by atoms with Crippen molar-refractivity contribution in [1.29, 1.82) is 0 Å². The van der Waals surface area contributed by atoms with Crippen LogP contribution in [0.3, 0.4) is 0 Å². The molecule has 3 aromatic rings. The summed E-state index contributed by atoms with van der Waals surface area (Å²) >= 11 is 14.3. The summed E-state index contributed by atoms with van der Waals surface area (Å²) in [6.45, 7) is 1.16. The predicted octanol–water partition coefficient (Wildman–Crippen LogP) is 6.53. The summed E-state index contributed by atoms with van der Waals surface area (Å²) in [6.07, 6.45) is 4.96. The van der Waals surface area contributed by atoms with E-state index < -0.39 is 0 Å². The van der Waals surface area contributed by atoms with Gasteiger partial charge in [0.25, 0.3) is 0 Å². The van der Waals surface area contributed by atoms with E-state index in [1.165, 1.54) is 11.3 Å². The number of para-hydroxylation sites is 2. The first kappa shape index (κ1) is 18.6. The van der Waals surface area contributed by atoms with Gasteiger partial charge in [-0.2, -0.15) is 0 Å². The highest BCUT2D eigenvalue weighted by atomic mass is 35.5. The van der Waals surface area contributed by atoms with Crippen LogP contribution in [0.4, 0.5) is 11.4 Å². The zero-order valence-electron chi connectivity index (χ0n) is 15.4. The Bertz CT molecular complexity index is 1180. The van der Waals surface area contributed by atoms with Gasteiger partial charge in [-0.3, -0.25) is 4.79 Å². The molecule has 2 aliphatic rings. The van der Waals surface area contributed by atoms with Crippen LogP contribution in [0, 0.1) is 0 Å². The zero-order valence-corrected chi connectivity index (χ0v) is 17.7. The maximum atomic E-state index is 11.9. The molecule has 3 heterocycles. The van der Waals surface area contributed by atoms with E-state index in [-0.39, 0.29) is 0 Å². The number of rotatable bonds is 3. The normalized spacial score (nSPS) is 20.4. The van der Waals surface area contributed by atoms with E-state index in [2.05, 4.69) is 29.8 Å². The number of allylic oxidation sites excluding steroid dienone is 2. The lowest BCUT2D eigenvalue weighted by Gasteiger charge is -2.34. The molecule has 2 aliphatic heterocycles. The Kier molecular flexibility index (Phi) is 4.60. The van der Waals surface area contributed by atoms with Gasteiger partial charge in [0.2, 0.25) is 6.41 Å². The van der Waals surface area contributed by atoms with Crippen molar-refractivity contribution < 1.29 is 4.79 Å². The van der Waals surface area contributed by atoms with Crippen LogP contribution < -0.4 is 9.38 Å². The van der Waals surface area contributed by atoms with Crippen molar-refractivity contribution >= 4 is 52.3 Å². The second-order valence-corrected chi connectivity index (χ2v) is 9.17. The van der Waals surface area contributed by atoms with E-state index in [1.807, 2.05) is 42.5 Å². The maximum absolute atomic E-state index is 11.9. The largest absolute Gasteiger partial charge is 0.305 e. The van der Waals surface area contributed by atoms with Crippen LogP contribution in [-0.2, 0) is 11.3 Å². The molecule has 0 saturated carbocycles. The molecule has 0 spiro atoms. The topological polar surface area (TPSA) is 20.3 Å². The number of quaternary nitrogens is 1. The number of benzene rings is 2. The Morgan fingerprint density at radius 1 is 1.07 bits per heavy atom. The summed E-state index contributed by atoms with van der Waals surface area (Å²) in [7, 11) is 0. The first-order valence-electron chi connectivity index (χ1n) is 9.22. The molecule has 1 atom stereocenters. The number of thiophene rings is 1. The van der Waals surface area contributed by atoms with Gasteiger partial charge < -0.3 is 4.90 Å². The molecule has 29 heavy (non-hydrogen) atoms. The lowest BCUT2D eigenvalue weighted by Crippen LogP contribution is -2.42. The molecule has 6 heteroatoms. The van der Waals surface area contributed by atoms with Crippen LogP contribution >= 0.6 is 34.5 Å². The zero-order chi connectivity index (χ0) is 20.0. The number of anilines is 1. The number of hydrogen-bond donors (Lipinski definition) is 0. The lowest BCUT2D eigenvalue weighted by molar-refractivity contribution is -0.107. The third-order valence-corrected chi connectivity index (χ3v) is 6.85. The van der Waals surface area contributed by atoms with Gasteiger partial charge in [-0.25, -0.2) is 4.48 Å². The highest BCUT2D eigenvalue weighted by Gasteiger charge is 2.44. The van der Waals surface area contributed by atoms with E-state index in [1.54, 1.807) is 4.90 Å². The van der Waals surface area contributed by atoms with Gasteiger partial charge in [-0.15, -0.1) is 11.3 Å². The van der Waals surface area contributed by atoms with Crippen molar-refractivity contribution in [3.8, 4) is 11.1 Å². The van der Waals surface area contributed by atoms with Gasteiger partial charge in [-0.1, -0.05) is 53.5 Å². The molecule has 1 aromatic heterocycles. The maximum Gasteiger partial charge on any atom is 0.214 e. The molecule has 0 fully saturated rings. The molecule has 0 bridgehead atoms. The first-order valence-corrected chi connectivity index (χ1v) is 10.9. The number of amides is 1. The van der Waals surface area contributed by atoms with E-state index in [9.17, 15) is 4.79 Å². The standard InChI is InChI=1S/C23H17Cl2N2OS/c24-18-10-19-11-26(15-28)21-7-3-1-5-16(21)12-27(19,13-18)22-8-4-2-6-20(22)17-9-23(25)29-14-17/h1-10,13-15H,11-12H2/q+1. The van der Waals surface area contributed by atoms with Crippen molar-refractivity contribution in [2.45, 2.75) is 6.54 Å². The van der Waals surface area contributed by atoms with Gasteiger partial charge in [0.1, 0.15) is 30.0 Å². The molecule has 144 valence electrons. The number of carbonyl (C=O) groups excluding carboxylic acids is 1. The van der Waals surface area contributed by atoms with Crippen LogP contribution in [0.2, 0.25) is 4.34 Å².